The van der Waals surface area contributed by atoms with E-state index in [1.165, 1.54) is 5.01 Å². The van der Waals surface area contributed by atoms with Gasteiger partial charge in [-0.2, -0.15) is 5.01 Å². The van der Waals surface area contributed by atoms with Crippen LogP contribution in [-0.2, 0) is 27.5 Å². The molecule has 0 spiro atoms. The third-order valence-corrected chi connectivity index (χ3v) is 5.07. The van der Waals surface area contributed by atoms with Crippen LogP contribution in [0.5, 0.6) is 0 Å². The largest absolute Gasteiger partial charge is 0.392 e. The molecule has 2 aliphatic rings. The number of hydrogen-bond donors (Lipinski definition) is 1. The van der Waals surface area contributed by atoms with Gasteiger partial charge in [0, 0.05) is 29.5 Å². The van der Waals surface area contributed by atoms with Crippen LogP contribution in [0.15, 0.2) is 42.5 Å². The molecule has 1 N–H and O–H groups in total. The fourth-order valence-electron chi connectivity index (χ4n) is 3.59. The van der Waals surface area contributed by atoms with Crippen molar-refractivity contribution in [1.29, 1.82) is 0 Å². The summed E-state index contributed by atoms with van der Waals surface area (Å²) >= 11 is 0. The Morgan fingerprint density at radius 2 is 1.69 bits per heavy atom. The molecule has 0 aromatic heterocycles. The molecule has 1 saturated heterocycles. The number of hydrogen-bond acceptors (Lipinski definition) is 5. The minimum Gasteiger partial charge on any atom is -0.392 e. The average molecular weight is 386 g/mol. The molecule has 1 fully saturated rings. The molecule has 0 radical (unpaired) electrons. The lowest BCUT2D eigenvalue weighted by molar-refractivity contribution is -0.162. The fourth-order valence-corrected chi connectivity index (χ4v) is 3.59. The second-order valence-corrected chi connectivity index (χ2v) is 6.90. The fraction of sp³-hybridized carbons (Fsp3) is 0.217. The van der Waals surface area contributed by atoms with E-state index in [-0.39, 0.29) is 43.5 Å². The molecular formula is C23H18N2O4. The lowest BCUT2D eigenvalue weighted by Gasteiger charge is -2.33. The van der Waals surface area contributed by atoms with E-state index in [4.69, 9.17) is 5.11 Å². The summed E-state index contributed by atoms with van der Waals surface area (Å²) in [6.07, 6.45) is 1.09. The van der Waals surface area contributed by atoms with Gasteiger partial charge in [0.25, 0.3) is 0 Å². The first-order valence-corrected chi connectivity index (χ1v) is 9.35. The van der Waals surface area contributed by atoms with Crippen molar-refractivity contribution in [1.82, 2.24) is 10.0 Å². The maximum absolute atomic E-state index is 12.3. The van der Waals surface area contributed by atoms with E-state index in [9.17, 15) is 14.4 Å². The number of nitrogens with zero attached hydrogens (tertiary/aromatic N) is 2. The van der Waals surface area contributed by atoms with Crippen LogP contribution in [0.2, 0.25) is 0 Å². The third-order valence-electron chi connectivity index (χ3n) is 5.07. The van der Waals surface area contributed by atoms with Gasteiger partial charge < -0.3 is 5.11 Å². The van der Waals surface area contributed by atoms with E-state index in [2.05, 4.69) is 11.8 Å². The zero-order valence-electron chi connectivity index (χ0n) is 15.6. The van der Waals surface area contributed by atoms with Crippen LogP contribution in [0, 0.1) is 11.8 Å². The minimum absolute atomic E-state index is 0.0233. The van der Waals surface area contributed by atoms with Gasteiger partial charge in [0.2, 0.25) is 11.8 Å². The number of piperidine rings is 1. The standard InChI is InChI=1S/C23H18N2O4/c26-14-17-9-7-16(8-10-17)11-12-18-3-1-4-19-20(18)13-24(21(19)15-27)25-22(28)5-2-6-23(25)29/h1,3-4,7-10,26H,2,5-6,13-14H2. The van der Waals surface area contributed by atoms with Crippen LogP contribution in [0.1, 0.15) is 47.1 Å². The lowest BCUT2D eigenvalue weighted by Crippen LogP contribution is -2.49. The van der Waals surface area contributed by atoms with Crippen molar-refractivity contribution in [3.63, 3.8) is 0 Å². The van der Waals surface area contributed by atoms with Gasteiger partial charge in [0.05, 0.1) is 13.2 Å². The highest BCUT2D eigenvalue weighted by atomic mass is 16.3. The topological polar surface area (TPSA) is 77.9 Å². The highest BCUT2D eigenvalue weighted by Crippen LogP contribution is 2.35. The van der Waals surface area contributed by atoms with Gasteiger partial charge >= 0.3 is 0 Å². The zero-order chi connectivity index (χ0) is 20.4. The smallest absolute Gasteiger partial charge is 0.248 e. The number of carbonyl (C=O) groups excluding carboxylic acids is 3. The summed E-state index contributed by atoms with van der Waals surface area (Å²) in [6.45, 7) is 0.191. The molecule has 2 aliphatic heterocycles. The number of fused-ring (bicyclic) bond motifs is 1. The van der Waals surface area contributed by atoms with Gasteiger partial charge in [0.1, 0.15) is 5.70 Å². The molecular weight excluding hydrogens is 368 g/mol. The molecule has 0 atom stereocenters. The molecule has 0 bridgehead atoms. The van der Waals surface area contributed by atoms with E-state index in [1.54, 1.807) is 12.1 Å². The maximum atomic E-state index is 12.3. The average Bonchev–Trinajstić information content (AvgIpc) is 3.11. The number of rotatable bonds is 2. The van der Waals surface area contributed by atoms with Crippen LogP contribution in [0.3, 0.4) is 0 Å². The van der Waals surface area contributed by atoms with E-state index < -0.39 is 0 Å². The van der Waals surface area contributed by atoms with E-state index in [0.717, 1.165) is 27.3 Å². The molecule has 2 heterocycles. The summed E-state index contributed by atoms with van der Waals surface area (Å²) in [5, 5.41) is 11.6. The molecule has 144 valence electrons. The first-order valence-electron chi connectivity index (χ1n) is 9.35. The first-order chi connectivity index (χ1) is 14.1. The van der Waals surface area contributed by atoms with Crippen molar-refractivity contribution in [2.75, 3.05) is 0 Å². The summed E-state index contributed by atoms with van der Waals surface area (Å²) in [5.74, 6) is 7.48. The molecule has 2 amide bonds. The van der Waals surface area contributed by atoms with E-state index in [1.807, 2.05) is 36.3 Å². The van der Waals surface area contributed by atoms with Gasteiger partial charge in [0.15, 0.2) is 5.94 Å². The molecule has 2 aromatic rings. The predicted octanol–water partition coefficient (Wildman–Crippen LogP) is 2.02. The lowest BCUT2D eigenvalue weighted by atomic mass is 10.0. The quantitative estimate of drug-likeness (QED) is 0.485. The Morgan fingerprint density at radius 3 is 2.34 bits per heavy atom. The van der Waals surface area contributed by atoms with Crippen LogP contribution in [0.4, 0.5) is 0 Å². The van der Waals surface area contributed by atoms with Crippen LogP contribution in [-0.4, -0.2) is 32.9 Å². The van der Waals surface area contributed by atoms with Crippen LogP contribution < -0.4 is 0 Å². The van der Waals surface area contributed by atoms with E-state index >= 15 is 0 Å². The number of hydrazine groups is 1. The summed E-state index contributed by atoms with van der Waals surface area (Å²) in [5.41, 5.74) is 3.93. The van der Waals surface area contributed by atoms with Crippen molar-refractivity contribution in [3.05, 3.63) is 70.3 Å². The normalized spacial score (nSPS) is 15.7. The summed E-state index contributed by atoms with van der Waals surface area (Å²) in [4.78, 5) is 36.3. The first kappa shape index (κ1) is 18.7. The monoisotopic (exact) mass is 386 g/mol. The summed E-state index contributed by atoms with van der Waals surface area (Å²) in [7, 11) is 0. The van der Waals surface area contributed by atoms with Crippen molar-refractivity contribution < 1.29 is 19.5 Å². The highest BCUT2D eigenvalue weighted by Gasteiger charge is 2.38. The number of imide groups is 1. The molecule has 0 saturated carbocycles. The summed E-state index contributed by atoms with van der Waals surface area (Å²) < 4.78 is 0. The minimum atomic E-state index is -0.307. The number of aliphatic hydroxyl groups excluding tert-OH is 1. The van der Waals surface area contributed by atoms with Gasteiger partial charge in [-0.25, -0.2) is 4.79 Å². The van der Waals surface area contributed by atoms with Gasteiger partial charge in [-0.15, -0.1) is 0 Å². The van der Waals surface area contributed by atoms with Crippen LogP contribution in [0.25, 0.3) is 5.70 Å². The van der Waals surface area contributed by atoms with E-state index in [0.29, 0.717) is 12.0 Å². The number of carbonyl (C=O) groups is 2. The Labute approximate surface area is 168 Å². The third kappa shape index (κ3) is 3.45. The molecule has 29 heavy (non-hydrogen) atoms. The maximum Gasteiger partial charge on any atom is 0.248 e. The van der Waals surface area contributed by atoms with Crippen molar-refractivity contribution in [2.45, 2.75) is 32.4 Å². The Hall–Kier alpha value is -3.65. The molecule has 0 aliphatic carbocycles. The summed E-state index contributed by atoms with van der Waals surface area (Å²) in [6, 6.07) is 12.7. The predicted molar refractivity (Wildman–Crippen MR) is 105 cm³/mol. The number of amides is 2. The Kier molecular flexibility index (Phi) is 5.01. The Bertz CT molecular complexity index is 1090. The molecule has 2 aromatic carbocycles. The second kappa shape index (κ2) is 7.76. The SMILES string of the molecule is O=C=C1c2cccc(C#Cc3ccc(CO)cc3)c2CN1N1C(=O)CCCC1=O. The van der Waals surface area contributed by atoms with Gasteiger partial charge in [-0.3, -0.25) is 14.6 Å². The Morgan fingerprint density at radius 1 is 0.966 bits per heavy atom. The molecule has 4 rings (SSSR count). The molecule has 6 heteroatoms. The number of aliphatic hydroxyl groups is 1. The van der Waals surface area contributed by atoms with Crippen LogP contribution >= 0.6 is 0 Å². The zero-order valence-corrected chi connectivity index (χ0v) is 15.6. The highest BCUT2D eigenvalue weighted by molar-refractivity contribution is 6.00. The molecule has 0 unspecified atom stereocenters. The number of benzene rings is 2. The van der Waals surface area contributed by atoms with Crippen molar-refractivity contribution >= 4 is 23.5 Å². The second-order valence-electron chi connectivity index (χ2n) is 6.90. The van der Waals surface area contributed by atoms with Crippen molar-refractivity contribution in [3.8, 4) is 11.8 Å². The Balaban J connectivity index is 1.69. The van der Waals surface area contributed by atoms with Crippen molar-refractivity contribution in [2.24, 2.45) is 0 Å². The van der Waals surface area contributed by atoms with Gasteiger partial charge in [-0.1, -0.05) is 36.1 Å². The van der Waals surface area contributed by atoms with Gasteiger partial charge in [-0.05, 0) is 35.7 Å². The molecule has 6 nitrogen and oxygen atoms in total.